The lowest BCUT2D eigenvalue weighted by molar-refractivity contribution is 0.0993. The van der Waals surface area contributed by atoms with E-state index in [1.807, 2.05) is 66.7 Å². The number of rotatable bonds is 3. The quantitative estimate of drug-likeness (QED) is 0.409. The van der Waals surface area contributed by atoms with E-state index in [1.54, 1.807) is 23.7 Å². The topological polar surface area (TPSA) is 58.1 Å². The van der Waals surface area contributed by atoms with Crippen LogP contribution in [0.25, 0.3) is 10.6 Å². The van der Waals surface area contributed by atoms with Gasteiger partial charge in [0.15, 0.2) is 0 Å². The van der Waals surface area contributed by atoms with E-state index in [4.69, 9.17) is 0 Å². The fourth-order valence-corrected chi connectivity index (χ4v) is 4.98. The van der Waals surface area contributed by atoms with Crippen molar-refractivity contribution >= 4 is 45.5 Å². The molecule has 3 aromatic carbocycles. The van der Waals surface area contributed by atoms with Crippen molar-refractivity contribution in [3.8, 4) is 10.6 Å². The molecule has 4 aromatic rings. The number of carbonyl (C=O) groups excluding carboxylic acids is 1. The summed E-state index contributed by atoms with van der Waals surface area (Å²) in [5.74, 6) is -0.120. The summed E-state index contributed by atoms with van der Waals surface area (Å²) in [4.78, 5) is 17.0. The van der Waals surface area contributed by atoms with E-state index >= 15 is 0 Å². The molecule has 0 atom stereocenters. The van der Waals surface area contributed by atoms with Crippen molar-refractivity contribution in [3.05, 3.63) is 78.4 Å². The van der Waals surface area contributed by atoms with E-state index in [1.165, 1.54) is 11.3 Å². The molecular weight excluding hydrogens is 400 g/mol. The van der Waals surface area contributed by atoms with Crippen LogP contribution in [0.1, 0.15) is 10.4 Å². The van der Waals surface area contributed by atoms with Crippen LogP contribution < -0.4 is 10.2 Å². The summed E-state index contributed by atoms with van der Waals surface area (Å²) in [6.45, 7) is 0. The highest BCUT2D eigenvalue weighted by Gasteiger charge is 2.25. The van der Waals surface area contributed by atoms with Gasteiger partial charge in [0, 0.05) is 22.4 Å². The summed E-state index contributed by atoms with van der Waals surface area (Å²) in [7, 11) is 1.74. The summed E-state index contributed by atoms with van der Waals surface area (Å²) in [5, 5.41) is 13.3. The van der Waals surface area contributed by atoms with Crippen LogP contribution in [0.2, 0.25) is 0 Å². The molecule has 0 fully saturated rings. The van der Waals surface area contributed by atoms with Crippen molar-refractivity contribution in [3.63, 3.8) is 0 Å². The Kier molecular flexibility index (Phi) is 4.54. The predicted octanol–water partition coefficient (Wildman–Crippen LogP) is 5.69. The summed E-state index contributed by atoms with van der Waals surface area (Å²) in [6, 6.07) is 23.7. The lowest BCUT2D eigenvalue weighted by Crippen LogP contribution is -2.27. The first-order chi connectivity index (χ1) is 14.2. The van der Waals surface area contributed by atoms with Gasteiger partial charge in [-0.05, 0) is 24.3 Å². The van der Waals surface area contributed by atoms with E-state index in [-0.39, 0.29) is 5.91 Å². The average molecular weight is 417 g/mol. The van der Waals surface area contributed by atoms with Crippen LogP contribution in [-0.2, 0) is 0 Å². The van der Waals surface area contributed by atoms with E-state index < -0.39 is 0 Å². The van der Waals surface area contributed by atoms with Crippen molar-refractivity contribution in [1.82, 2.24) is 10.2 Å². The number of anilines is 3. The molecule has 5 rings (SSSR count). The summed E-state index contributed by atoms with van der Waals surface area (Å²) in [6.07, 6.45) is 0. The maximum absolute atomic E-state index is 13.3. The molecule has 7 heteroatoms. The lowest BCUT2D eigenvalue weighted by atomic mass is 10.1. The van der Waals surface area contributed by atoms with Crippen molar-refractivity contribution < 1.29 is 4.79 Å². The summed E-state index contributed by atoms with van der Waals surface area (Å²) < 4.78 is 0. The summed E-state index contributed by atoms with van der Waals surface area (Å²) >= 11 is 3.06. The second-order valence-electron chi connectivity index (χ2n) is 6.52. The van der Waals surface area contributed by atoms with Crippen LogP contribution in [0.15, 0.2) is 82.6 Å². The number of carbonyl (C=O) groups is 1. The maximum Gasteiger partial charge on any atom is 0.261 e. The highest BCUT2D eigenvalue weighted by atomic mass is 32.2. The number of hydrogen-bond acceptors (Lipinski definition) is 6. The van der Waals surface area contributed by atoms with Gasteiger partial charge in [0.05, 0.1) is 16.9 Å². The van der Waals surface area contributed by atoms with Gasteiger partial charge >= 0.3 is 0 Å². The van der Waals surface area contributed by atoms with Gasteiger partial charge in [0.1, 0.15) is 5.01 Å². The Bertz CT molecular complexity index is 1210. The number of benzene rings is 3. The number of fused-ring (bicyclic) bond motifs is 2. The van der Waals surface area contributed by atoms with Crippen LogP contribution in [0.5, 0.6) is 0 Å². The van der Waals surface area contributed by atoms with Gasteiger partial charge in [-0.3, -0.25) is 9.69 Å². The van der Waals surface area contributed by atoms with Crippen LogP contribution in [-0.4, -0.2) is 23.2 Å². The Labute approximate surface area is 176 Å². The lowest BCUT2D eigenvalue weighted by Gasteiger charge is -2.24. The van der Waals surface area contributed by atoms with E-state index in [2.05, 4.69) is 21.6 Å². The van der Waals surface area contributed by atoms with Crippen molar-refractivity contribution in [2.75, 3.05) is 17.3 Å². The number of amides is 1. The van der Waals surface area contributed by atoms with E-state index in [0.29, 0.717) is 10.7 Å². The second-order valence-corrected chi connectivity index (χ2v) is 8.56. The first-order valence-corrected chi connectivity index (χ1v) is 10.7. The standard InChI is InChI=1S/C22H16N4OS2/c1-26(22-25-24-20(29-22)14-8-3-2-4-9-14)21(27)15-10-7-13-18-19(15)23-16-11-5-6-12-17(16)28-18/h2-13,23H,1H3. The molecule has 0 saturated carbocycles. The maximum atomic E-state index is 13.3. The fraction of sp³-hybridized carbons (Fsp3) is 0.0455. The van der Waals surface area contributed by atoms with Crippen LogP contribution >= 0.6 is 23.1 Å². The monoisotopic (exact) mass is 416 g/mol. The number of nitrogens with zero attached hydrogens (tertiary/aromatic N) is 3. The zero-order chi connectivity index (χ0) is 19.8. The fourth-order valence-electron chi connectivity index (χ4n) is 3.15. The predicted molar refractivity (Wildman–Crippen MR) is 118 cm³/mol. The van der Waals surface area contributed by atoms with Crippen LogP contribution in [0.4, 0.5) is 16.5 Å². The van der Waals surface area contributed by atoms with Gasteiger partial charge in [-0.15, -0.1) is 10.2 Å². The molecule has 2 heterocycles. The third-order valence-electron chi connectivity index (χ3n) is 4.65. The molecule has 0 bridgehead atoms. The minimum Gasteiger partial charge on any atom is -0.353 e. The third kappa shape index (κ3) is 3.28. The number of aromatic nitrogens is 2. The third-order valence-corrected chi connectivity index (χ3v) is 6.83. The molecule has 1 N–H and O–H groups in total. The van der Waals surface area contributed by atoms with Crippen molar-refractivity contribution in [1.29, 1.82) is 0 Å². The Morgan fingerprint density at radius 2 is 1.66 bits per heavy atom. The van der Waals surface area contributed by atoms with E-state index in [0.717, 1.165) is 31.7 Å². The van der Waals surface area contributed by atoms with Crippen molar-refractivity contribution in [2.24, 2.45) is 0 Å². The molecule has 1 aromatic heterocycles. The zero-order valence-corrected chi connectivity index (χ0v) is 17.1. The SMILES string of the molecule is CN(C(=O)c1cccc2c1Nc1ccccc1S2)c1nnc(-c2ccccc2)s1. The molecule has 142 valence electrons. The molecule has 0 spiro atoms. The molecule has 0 saturated heterocycles. The van der Waals surface area contributed by atoms with Crippen LogP contribution in [0, 0.1) is 0 Å². The van der Waals surface area contributed by atoms with Crippen molar-refractivity contribution in [2.45, 2.75) is 9.79 Å². The Morgan fingerprint density at radius 3 is 2.52 bits per heavy atom. The average Bonchev–Trinajstić information content (AvgIpc) is 3.27. The minimum atomic E-state index is -0.120. The highest BCUT2D eigenvalue weighted by molar-refractivity contribution is 7.99. The van der Waals surface area contributed by atoms with E-state index in [9.17, 15) is 4.79 Å². The highest BCUT2D eigenvalue weighted by Crippen LogP contribution is 2.45. The second kappa shape index (κ2) is 7.35. The molecule has 0 aliphatic carbocycles. The number of hydrogen-bond donors (Lipinski definition) is 1. The molecule has 1 amide bonds. The summed E-state index contributed by atoms with van der Waals surface area (Å²) in [5.41, 5.74) is 3.45. The first-order valence-electron chi connectivity index (χ1n) is 9.04. The Hall–Kier alpha value is -3.16. The Morgan fingerprint density at radius 1 is 0.897 bits per heavy atom. The largest absolute Gasteiger partial charge is 0.353 e. The molecule has 1 aliphatic heterocycles. The molecule has 5 nitrogen and oxygen atoms in total. The first kappa shape index (κ1) is 17.9. The smallest absolute Gasteiger partial charge is 0.261 e. The van der Waals surface area contributed by atoms with Gasteiger partial charge in [-0.25, -0.2) is 0 Å². The van der Waals surface area contributed by atoms with Gasteiger partial charge in [-0.1, -0.05) is 71.6 Å². The van der Waals surface area contributed by atoms with Gasteiger partial charge < -0.3 is 5.32 Å². The molecular formula is C22H16N4OS2. The van der Waals surface area contributed by atoms with Gasteiger partial charge in [0.25, 0.3) is 5.91 Å². The normalized spacial score (nSPS) is 11.9. The van der Waals surface area contributed by atoms with Gasteiger partial charge in [0.2, 0.25) is 5.13 Å². The molecule has 0 unspecified atom stereocenters. The minimum absolute atomic E-state index is 0.120. The Balaban J connectivity index is 1.46. The molecule has 29 heavy (non-hydrogen) atoms. The molecule has 0 radical (unpaired) electrons. The molecule has 1 aliphatic rings. The zero-order valence-electron chi connectivity index (χ0n) is 15.5. The number of nitrogens with one attached hydrogen (secondary N) is 1. The van der Waals surface area contributed by atoms with Crippen LogP contribution in [0.3, 0.4) is 0 Å². The van der Waals surface area contributed by atoms with Gasteiger partial charge in [-0.2, -0.15) is 0 Å². The number of para-hydroxylation sites is 2.